The van der Waals surface area contributed by atoms with E-state index < -0.39 is 0 Å². The Morgan fingerprint density at radius 2 is 2.13 bits per heavy atom. The first-order valence-electron chi connectivity index (χ1n) is 8.07. The second-order valence-corrected chi connectivity index (χ2v) is 7.37. The van der Waals surface area contributed by atoms with Gasteiger partial charge in [0.1, 0.15) is 5.52 Å². The molecule has 0 spiro atoms. The van der Waals surface area contributed by atoms with Gasteiger partial charge in [0.2, 0.25) is 0 Å². The monoisotopic (exact) mass is 372 g/mol. The Kier molecular flexibility index (Phi) is 2.98. The molecule has 0 radical (unpaired) electrons. The molecule has 23 heavy (non-hydrogen) atoms. The molecule has 1 aliphatic carbocycles. The second-order valence-electron chi connectivity index (χ2n) is 6.45. The molecule has 3 aromatic heterocycles. The molecule has 2 aliphatic rings. The molecular formula is C16H17BrN6. The molecule has 5 rings (SSSR count). The van der Waals surface area contributed by atoms with Gasteiger partial charge < -0.3 is 4.90 Å². The number of anilines is 1. The van der Waals surface area contributed by atoms with E-state index in [1.165, 1.54) is 18.5 Å². The lowest BCUT2D eigenvalue weighted by Crippen LogP contribution is -2.22. The van der Waals surface area contributed by atoms with E-state index in [2.05, 4.69) is 41.7 Å². The highest BCUT2D eigenvalue weighted by atomic mass is 79.9. The number of hydrogen-bond acceptors (Lipinski definition) is 4. The summed E-state index contributed by atoms with van der Waals surface area (Å²) in [5.41, 5.74) is 2.34. The molecule has 0 bridgehead atoms. The molecular weight excluding hydrogens is 356 g/mol. The Balaban J connectivity index is 1.46. The van der Waals surface area contributed by atoms with Crippen LogP contribution < -0.4 is 4.90 Å². The van der Waals surface area contributed by atoms with Crippen LogP contribution in [0.25, 0.3) is 5.52 Å². The van der Waals surface area contributed by atoms with E-state index in [0.29, 0.717) is 12.0 Å². The zero-order chi connectivity index (χ0) is 15.4. The van der Waals surface area contributed by atoms with Gasteiger partial charge in [0.25, 0.3) is 0 Å². The first kappa shape index (κ1) is 13.5. The van der Waals surface area contributed by atoms with Gasteiger partial charge in [-0.25, -0.2) is 9.50 Å². The summed E-state index contributed by atoms with van der Waals surface area (Å²) in [5, 5.41) is 9.14. The van der Waals surface area contributed by atoms with Gasteiger partial charge in [-0.1, -0.05) is 0 Å². The SMILES string of the molecule is Brc1cnn(C2CCN(c3nccn4nc(C5CC5)cc34)C2)c1. The van der Waals surface area contributed by atoms with Crippen molar-refractivity contribution in [2.24, 2.45) is 0 Å². The largest absolute Gasteiger partial charge is 0.353 e. The maximum atomic E-state index is 4.71. The number of hydrogen-bond donors (Lipinski definition) is 0. The molecule has 1 unspecified atom stereocenters. The first-order chi connectivity index (χ1) is 11.3. The third kappa shape index (κ3) is 2.34. The van der Waals surface area contributed by atoms with Crippen LogP contribution in [0.15, 0.2) is 35.3 Å². The molecule has 1 saturated heterocycles. The third-order valence-electron chi connectivity index (χ3n) is 4.79. The van der Waals surface area contributed by atoms with E-state index in [0.717, 1.165) is 35.3 Å². The molecule has 6 nitrogen and oxygen atoms in total. The van der Waals surface area contributed by atoms with E-state index in [1.54, 1.807) is 0 Å². The molecule has 3 aromatic rings. The van der Waals surface area contributed by atoms with Crippen molar-refractivity contribution in [3.8, 4) is 0 Å². The quantitative estimate of drug-likeness (QED) is 0.708. The lowest BCUT2D eigenvalue weighted by Gasteiger charge is -2.18. The van der Waals surface area contributed by atoms with Crippen molar-refractivity contribution in [3.05, 3.63) is 41.0 Å². The smallest absolute Gasteiger partial charge is 0.154 e. The van der Waals surface area contributed by atoms with Crippen molar-refractivity contribution >= 4 is 27.3 Å². The predicted molar refractivity (Wildman–Crippen MR) is 90.8 cm³/mol. The summed E-state index contributed by atoms with van der Waals surface area (Å²) >= 11 is 3.47. The van der Waals surface area contributed by atoms with Crippen LogP contribution in [0.1, 0.15) is 36.9 Å². The number of fused-ring (bicyclic) bond motifs is 1. The Bertz CT molecular complexity index is 864. The first-order valence-corrected chi connectivity index (χ1v) is 8.86. The standard InChI is InChI=1S/C16H17BrN6/c17-12-8-19-23(9-12)13-3-5-21(10-13)16-15-7-14(11-1-2-11)20-22(15)6-4-18-16/h4,6-9,11,13H,1-3,5,10H2. The lowest BCUT2D eigenvalue weighted by atomic mass is 10.3. The topological polar surface area (TPSA) is 51.2 Å². The summed E-state index contributed by atoms with van der Waals surface area (Å²) in [6.45, 7) is 1.93. The number of halogens is 1. The minimum absolute atomic E-state index is 0.397. The van der Waals surface area contributed by atoms with Gasteiger partial charge in [0.15, 0.2) is 5.82 Å². The van der Waals surface area contributed by atoms with E-state index in [1.807, 2.05) is 29.3 Å². The Morgan fingerprint density at radius 3 is 2.91 bits per heavy atom. The minimum Gasteiger partial charge on any atom is -0.353 e. The molecule has 1 aliphatic heterocycles. The minimum atomic E-state index is 0.397. The summed E-state index contributed by atoms with van der Waals surface area (Å²) in [4.78, 5) is 7.00. The summed E-state index contributed by atoms with van der Waals surface area (Å²) in [5.74, 6) is 1.70. The van der Waals surface area contributed by atoms with Crippen molar-refractivity contribution in [3.63, 3.8) is 0 Å². The highest BCUT2D eigenvalue weighted by Crippen LogP contribution is 2.40. The zero-order valence-corrected chi connectivity index (χ0v) is 14.2. The van der Waals surface area contributed by atoms with Crippen molar-refractivity contribution in [1.82, 2.24) is 24.4 Å². The average Bonchev–Trinajstić information content (AvgIpc) is 2.99. The second kappa shape index (κ2) is 5.06. The van der Waals surface area contributed by atoms with Crippen LogP contribution in [0.5, 0.6) is 0 Å². The summed E-state index contributed by atoms with van der Waals surface area (Å²) in [6, 6.07) is 2.62. The maximum absolute atomic E-state index is 4.71. The van der Waals surface area contributed by atoms with Crippen LogP contribution in [0.3, 0.4) is 0 Å². The Labute approximate surface area is 142 Å². The highest BCUT2D eigenvalue weighted by Gasteiger charge is 2.29. The number of rotatable bonds is 3. The van der Waals surface area contributed by atoms with Gasteiger partial charge >= 0.3 is 0 Å². The molecule has 0 N–H and O–H groups in total. The molecule has 2 fully saturated rings. The molecule has 1 atom stereocenters. The van der Waals surface area contributed by atoms with Crippen LogP contribution in [-0.2, 0) is 0 Å². The van der Waals surface area contributed by atoms with Crippen LogP contribution in [0.2, 0.25) is 0 Å². The summed E-state index contributed by atoms with van der Waals surface area (Å²) < 4.78 is 5.06. The summed E-state index contributed by atoms with van der Waals surface area (Å²) in [7, 11) is 0. The maximum Gasteiger partial charge on any atom is 0.154 e. The van der Waals surface area contributed by atoms with E-state index >= 15 is 0 Å². The van der Waals surface area contributed by atoms with E-state index in [9.17, 15) is 0 Å². The normalized spacial score (nSPS) is 21.4. The highest BCUT2D eigenvalue weighted by molar-refractivity contribution is 9.10. The molecule has 0 aromatic carbocycles. The Morgan fingerprint density at radius 1 is 1.22 bits per heavy atom. The van der Waals surface area contributed by atoms with Crippen molar-refractivity contribution in [1.29, 1.82) is 0 Å². The fraction of sp³-hybridized carbons (Fsp3) is 0.438. The molecule has 4 heterocycles. The van der Waals surface area contributed by atoms with Gasteiger partial charge in [-0.15, -0.1) is 0 Å². The Hall–Kier alpha value is -1.89. The molecule has 0 amide bonds. The molecule has 118 valence electrons. The van der Waals surface area contributed by atoms with Crippen LogP contribution >= 0.6 is 15.9 Å². The fourth-order valence-corrected chi connectivity index (χ4v) is 3.72. The van der Waals surface area contributed by atoms with Crippen molar-refractivity contribution < 1.29 is 0 Å². The van der Waals surface area contributed by atoms with Crippen molar-refractivity contribution in [2.45, 2.75) is 31.2 Å². The summed E-state index contributed by atoms with van der Waals surface area (Å²) in [6.07, 6.45) is 11.3. The van der Waals surface area contributed by atoms with Gasteiger partial charge in [0, 0.05) is 37.6 Å². The third-order valence-corrected chi connectivity index (χ3v) is 5.20. The van der Waals surface area contributed by atoms with Crippen LogP contribution in [0, 0.1) is 0 Å². The predicted octanol–water partition coefficient (Wildman–Crippen LogP) is 3.02. The molecule has 1 saturated carbocycles. The average molecular weight is 373 g/mol. The molecule has 7 heteroatoms. The number of nitrogens with zero attached hydrogens (tertiary/aromatic N) is 6. The van der Waals surface area contributed by atoms with Gasteiger partial charge in [-0.2, -0.15) is 10.2 Å². The number of aromatic nitrogens is 5. The lowest BCUT2D eigenvalue weighted by molar-refractivity contribution is 0.494. The van der Waals surface area contributed by atoms with Crippen LogP contribution in [-0.4, -0.2) is 37.5 Å². The van der Waals surface area contributed by atoms with E-state index in [-0.39, 0.29) is 0 Å². The van der Waals surface area contributed by atoms with Crippen LogP contribution in [0.4, 0.5) is 5.82 Å². The van der Waals surface area contributed by atoms with Gasteiger partial charge in [-0.3, -0.25) is 4.68 Å². The van der Waals surface area contributed by atoms with Crippen molar-refractivity contribution in [2.75, 3.05) is 18.0 Å². The van der Waals surface area contributed by atoms with Gasteiger partial charge in [0.05, 0.1) is 22.4 Å². The van der Waals surface area contributed by atoms with E-state index in [4.69, 9.17) is 5.10 Å². The zero-order valence-electron chi connectivity index (χ0n) is 12.6. The van der Waals surface area contributed by atoms with Gasteiger partial charge in [-0.05, 0) is 41.3 Å². The fourth-order valence-electron chi connectivity index (χ4n) is 3.41.